The van der Waals surface area contributed by atoms with Crippen LogP contribution in [0.2, 0.25) is 0 Å². The predicted molar refractivity (Wildman–Crippen MR) is 58.9 cm³/mol. The molecule has 0 fully saturated rings. The second kappa shape index (κ2) is 5.40. The van der Waals surface area contributed by atoms with E-state index in [1.165, 1.54) is 5.56 Å². The van der Waals surface area contributed by atoms with Crippen molar-refractivity contribution in [1.29, 1.82) is 0 Å². The lowest BCUT2D eigenvalue weighted by molar-refractivity contribution is 0.274. The van der Waals surface area contributed by atoms with E-state index in [2.05, 4.69) is 47.1 Å². The zero-order valence-corrected chi connectivity index (χ0v) is 9.42. The second-order valence-corrected chi connectivity index (χ2v) is 4.08. The Labute approximate surface area is 87.9 Å². The maximum Gasteiger partial charge on any atom is 0.0436 e. The minimum absolute atomic E-state index is 0.272. The number of hydrogen-bond donors (Lipinski definition) is 1. The highest BCUT2D eigenvalue weighted by molar-refractivity contribution is 9.10. The van der Waals surface area contributed by atoms with E-state index in [0.29, 0.717) is 5.92 Å². The largest absolute Gasteiger partial charge is 0.396 e. The van der Waals surface area contributed by atoms with E-state index >= 15 is 0 Å². The third-order valence-electron chi connectivity index (χ3n) is 2.31. The van der Waals surface area contributed by atoms with Crippen molar-refractivity contribution in [2.45, 2.75) is 25.7 Å². The second-order valence-electron chi connectivity index (χ2n) is 3.17. The summed E-state index contributed by atoms with van der Waals surface area (Å²) in [5, 5.41) is 8.87. The molecule has 1 N–H and O–H groups in total. The molecule has 0 aromatic heterocycles. The first-order valence-electron chi connectivity index (χ1n) is 4.64. The Morgan fingerprint density at radius 2 is 1.92 bits per heavy atom. The van der Waals surface area contributed by atoms with Crippen molar-refractivity contribution in [3.05, 3.63) is 34.3 Å². The smallest absolute Gasteiger partial charge is 0.0436 e. The standard InChI is InChI=1S/C11H15BrO/c1-2-9(7-8-13)10-3-5-11(12)6-4-10/h3-6,9,13H,2,7-8H2,1H3. The molecule has 0 aliphatic carbocycles. The van der Waals surface area contributed by atoms with Gasteiger partial charge in [-0.1, -0.05) is 35.0 Å². The predicted octanol–water partition coefficient (Wildman–Crippen LogP) is 3.33. The minimum atomic E-state index is 0.272. The summed E-state index contributed by atoms with van der Waals surface area (Å²) in [4.78, 5) is 0. The van der Waals surface area contributed by atoms with Crippen LogP contribution in [0.4, 0.5) is 0 Å². The fourth-order valence-corrected chi connectivity index (χ4v) is 1.76. The van der Waals surface area contributed by atoms with Crippen molar-refractivity contribution in [2.75, 3.05) is 6.61 Å². The molecule has 1 atom stereocenters. The fourth-order valence-electron chi connectivity index (χ4n) is 1.50. The van der Waals surface area contributed by atoms with E-state index in [9.17, 15) is 0 Å². The quantitative estimate of drug-likeness (QED) is 0.859. The van der Waals surface area contributed by atoms with Gasteiger partial charge in [-0.3, -0.25) is 0 Å². The molecule has 0 aliphatic rings. The molecule has 0 spiro atoms. The molecule has 0 aliphatic heterocycles. The Bertz CT molecular complexity index is 243. The van der Waals surface area contributed by atoms with E-state index < -0.39 is 0 Å². The van der Waals surface area contributed by atoms with Crippen LogP contribution in [0.25, 0.3) is 0 Å². The molecule has 0 heterocycles. The number of halogens is 1. The van der Waals surface area contributed by atoms with Gasteiger partial charge in [0.1, 0.15) is 0 Å². The molecule has 2 heteroatoms. The molecular weight excluding hydrogens is 228 g/mol. The summed E-state index contributed by atoms with van der Waals surface area (Å²) < 4.78 is 1.11. The molecule has 1 aromatic rings. The zero-order valence-electron chi connectivity index (χ0n) is 7.83. The van der Waals surface area contributed by atoms with Gasteiger partial charge >= 0.3 is 0 Å². The van der Waals surface area contributed by atoms with Crippen LogP contribution in [0.15, 0.2) is 28.7 Å². The van der Waals surface area contributed by atoms with Crippen LogP contribution in [0, 0.1) is 0 Å². The summed E-state index contributed by atoms with van der Waals surface area (Å²) >= 11 is 3.41. The highest BCUT2D eigenvalue weighted by atomic mass is 79.9. The third-order valence-corrected chi connectivity index (χ3v) is 2.84. The molecule has 0 bridgehead atoms. The number of rotatable bonds is 4. The van der Waals surface area contributed by atoms with Gasteiger partial charge in [-0.2, -0.15) is 0 Å². The number of hydrogen-bond acceptors (Lipinski definition) is 1. The fraction of sp³-hybridized carbons (Fsp3) is 0.455. The SMILES string of the molecule is CCC(CCO)c1ccc(Br)cc1. The van der Waals surface area contributed by atoms with Gasteiger partial charge in [0.15, 0.2) is 0 Å². The average Bonchev–Trinajstić information content (AvgIpc) is 2.16. The summed E-state index contributed by atoms with van der Waals surface area (Å²) in [5.41, 5.74) is 1.32. The van der Waals surface area contributed by atoms with Gasteiger partial charge in [0, 0.05) is 11.1 Å². The first-order chi connectivity index (χ1) is 6.27. The van der Waals surface area contributed by atoms with Gasteiger partial charge in [0.25, 0.3) is 0 Å². The Kier molecular flexibility index (Phi) is 4.46. The lowest BCUT2D eigenvalue weighted by atomic mass is 9.94. The number of benzene rings is 1. The van der Waals surface area contributed by atoms with Gasteiger partial charge in [-0.25, -0.2) is 0 Å². The van der Waals surface area contributed by atoms with E-state index in [1.54, 1.807) is 0 Å². The minimum Gasteiger partial charge on any atom is -0.396 e. The molecular formula is C11H15BrO. The van der Waals surface area contributed by atoms with Crippen LogP contribution < -0.4 is 0 Å². The van der Waals surface area contributed by atoms with Crippen LogP contribution in [-0.2, 0) is 0 Å². The molecule has 0 saturated carbocycles. The van der Waals surface area contributed by atoms with Crippen molar-refractivity contribution < 1.29 is 5.11 Å². The molecule has 0 amide bonds. The van der Waals surface area contributed by atoms with Gasteiger partial charge in [0.2, 0.25) is 0 Å². The van der Waals surface area contributed by atoms with Crippen molar-refractivity contribution in [2.24, 2.45) is 0 Å². The van der Waals surface area contributed by atoms with Gasteiger partial charge in [-0.05, 0) is 36.5 Å². The molecule has 72 valence electrons. The Morgan fingerprint density at radius 3 is 2.38 bits per heavy atom. The monoisotopic (exact) mass is 242 g/mol. The van der Waals surface area contributed by atoms with Crippen LogP contribution in [0.3, 0.4) is 0 Å². The molecule has 1 unspecified atom stereocenters. The summed E-state index contributed by atoms with van der Waals surface area (Å²) in [7, 11) is 0. The Hall–Kier alpha value is -0.340. The number of aliphatic hydroxyl groups excluding tert-OH is 1. The first-order valence-corrected chi connectivity index (χ1v) is 5.43. The van der Waals surface area contributed by atoms with Crippen molar-refractivity contribution in [1.82, 2.24) is 0 Å². The molecule has 1 aromatic carbocycles. The van der Waals surface area contributed by atoms with Crippen LogP contribution >= 0.6 is 15.9 Å². The normalized spacial score (nSPS) is 12.8. The zero-order chi connectivity index (χ0) is 9.68. The lowest BCUT2D eigenvalue weighted by Gasteiger charge is -2.13. The summed E-state index contributed by atoms with van der Waals surface area (Å²) in [6.07, 6.45) is 1.94. The van der Waals surface area contributed by atoms with E-state index in [1.807, 2.05) is 0 Å². The average molecular weight is 243 g/mol. The maximum absolute atomic E-state index is 8.87. The van der Waals surface area contributed by atoms with Gasteiger partial charge in [-0.15, -0.1) is 0 Å². The summed E-state index contributed by atoms with van der Waals surface area (Å²) in [5.74, 6) is 0.498. The van der Waals surface area contributed by atoms with Crippen LogP contribution in [0.5, 0.6) is 0 Å². The Balaban J connectivity index is 2.73. The summed E-state index contributed by atoms with van der Waals surface area (Å²) in [6, 6.07) is 8.34. The van der Waals surface area contributed by atoms with E-state index in [-0.39, 0.29) is 6.61 Å². The summed E-state index contributed by atoms with van der Waals surface area (Å²) in [6.45, 7) is 2.43. The van der Waals surface area contributed by atoms with E-state index in [4.69, 9.17) is 5.11 Å². The molecule has 0 radical (unpaired) electrons. The van der Waals surface area contributed by atoms with Gasteiger partial charge in [0.05, 0.1) is 0 Å². The van der Waals surface area contributed by atoms with Gasteiger partial charge < -0.3 is 5.11 Å². The van der Waals surface area contributed by atoms with E-state index in [0.717, 1.165) is 17.3 Å². The lowest BCUT2D eigenvalue weighted by Crippen LogP contribution is -1.99. The topological polar surface area (TPSA) is 20.2 Å². The Morgan fingerprint density at radius 1 is 1.31 bits per heavy atom. The van der Waals surface area contributed by atoms with Crippen LogP contribution in [-0.4, -0.2) is 11.7 Å². The van der Waals surface area contributed by atoms with Crippen molar-refractivity contribution in [3.8, 4) is 0 Å². The first kappa shape index (κ1) is 10.7. The number of aliphatic hydroxyl groups is 1. The molecule has 13 heavy (non-hydrogen) atoms. The van der Waals surface area contributed by atoms with Crippen molar-refractivity contribution in [3.63, 3.8) is 0 Å². The van der Waals surface area contributed by atoms with Crippen molar-refractivity contribution >= 4 is 15.9 Å². The highest BCUT2D eigenvalue weighted by Gasteiger charge is 2.07. The maximum atomic E-state index is 8.87. The van der Waals surface area contributed by atoms with Crippen LogP contribution in [0.1, 0.15) is 31.2 Å². The molecule has 1 rings (SSSR count). The molecule has 1 nitrogen and oxygen atoms in total. The highest BCUT2D eigenvalue weighted by Crippen LogP contribution is 2.24. The molecule has 0 saturated heterocycles. The third kappa shape index (κ3) is 3.12.